The molecule has 1 saturated heterocycles. The molecular formula is C32H27N3O8S2. The number of thioether (sulfide) groups is 1. The second-order valence-corrected chi connectivity index (χ2v) is 12.3. The number of carbonyl (C=O) groups excluding carboxylic acids is 4. The molecule has 3 atom stereocenters. The van der Waals surface area contributed by atoms with E-state index < -0.39 is 29.0 Å². The molecule has 6 rings (SSSR count). The largest absolute Gasteiger partial charge is 0.493 e. The summed E-state index contributed by atoms with van der Waals surface area (Å²) < 4.78 is 16.3. The highest BCUT2D eigenvalue weighted by Crippen LogP contribution is 2.53. The quantitative estimate of drug-likeness (QED) is 0.200. The zero-order valence-electron chi connectivity index (χ0n) is 24.1. The molecule has 0 saturated carbocycles. The standard InChI is InChI=1S/C32H27N3O8S2/c1-3-42-31(39)17-9-12-19(13-10-17)33-23(36)16-43-21-14-11-18(15-22(21)41-2)24-25-27(44-28-26(24)45-32(40)34-28)30(38)35(29(25)37)20-7-5-4-6-8-20/h4-15,24-25,27H,3,16H2,1-2H3,(H,33,36)(H,34,40)/t24-,25-,27+/m0/s1. The number of hydrogen-bond acceptors (Lipinski definition) is 10. The van der Waals surface area contributed by atoms with Gasteiger partial charge in [0.25, 0.3) is 5.91 Å². The van der Waals surface area contributed by atoms with Gasteiger partial charge in [-0.05, 0) is 61.0 Å². The summed E-state index contributed by atoms with van der Waals surface area (Å²) in [6.45, 7) is 1.65. The van der Waals surface area contributed by atoms with Crippen LogP contribution < -0.4 is 24.6 Å². The molecule has 4 aromatic rings. The van der Waals surface area contributed by atoms with Crippen LogP contribution in [-0.2, 0) is 19.1 Å². The minimum Gasteiger partial charge on any atom is -0.493 e. The number of amides is 3. The minimum absolute atomic E-state index is 0.263. The van der Waals surface area contributed by atoms with E-state index in [1.807, 2.05) is 6.07 Å². The normalized spacial score (nSPS) is 18.6. The Labute approximate surface area is 265 Å². The maximum atomic E-state index is 13.9. The first-order chi connectivity index (χ1) is 21.8. The van der Waals surface area contributed by atoms with Gasteiger partial charge in [-0.2, -0.15) is 0 Å². The van der Waals surface area contributed by atoms with Gasteiger partial charge in [-0.3, -0.25) is 19.2 Å². The lowest BCUT2D eigenvalue weighted by atomic mass is 9.83. The number of carbonyl (C=O) groups is 4. The fourth-order valence-corrected chi connectivity index (χ4v) is 7.96. The van der Waals surface area contributed by atoms with Crippen LogP contribution in [-0.4, -0.2) is 54.2 Å². The van der Waals surface area contributed by atoms with Gasteiger partial charge in [-0.1, -0.05) is 47.4 Å². The highest BCUT2D eigenvalue weighted by atomic mass is 32.2. The average molecular weight is 646 g/mol. The number of imide groups is 1. The van der Waals surface area contributed by atoms with Gasteiger partial charge in [-0.25, -0.2) is 9.69 Å². The summed E-state index contributed by atoms with van der Waals surface area (Å²) in [6.07, 6.45) is 0. The van der Waals surface area contributed by atoms with Gasteiger partial charge in [0.15, 0.2) is 18.1 Å². The van der Waals surface area contributed by atoms with Crippen LogP contribution in [0.5, 0.6) is 11.5 Å². The van der Waals surface area contributed by atoms with E-state index in [4.69, 9.17) is 14.2 Å². The SMILES string of the molecule is CCOC(=O)c1ccc(NC(=O)COc2ccc([C@@H]3c4sc(=O)[nH]c4S[C@H]4C(=O)N(c5ccccc5)C(=O)[C@@H]34)cc2OC)cc1. The van der Waals surface area contributed by atoms with Crippen LogP contribution in [0.3, 0.4) is 0 Å². The number of nitrogens with zero attached hydrogens (tertiary/aromatic N) is 1. The molecule has 0 unspecified atom stereocenters. The van der Waals surface area contributed by atoms with Crippen LogP contribution in [0.1, 0.15) is 33.6 Å². The summed E-state index contributed by atoms with van der Waals surface area (Å²) in [4.78, 5) is 68.8. The predicted molar refractivity (Wildman–Crippen MR) is 168 cm³/mol. The molecule has 1 aromatic heterocycles. The molecular weight excluding hydrogens is 618 g/mol. The zero-order chi connectivity index (χ0) is 31.7. The average Bonchev–Trinajstić information content (AvgIpc) is 3.54. The second kappa shape index (κ2) is 12.6. The fourth-order valence-electron chi connectivity index (χ4n) is 5.45. The lowest BCUT2D eigenvalue weighted by Crippen LogP contribution is -2.32. The first kappa shape index (κ1) is 30.2. The summed E-state index contributed by atoms with van der Waals surface area (Å²) in [5.74, 6) is -2.30. The lowest BCUT2D eigenvalue weighted by molar-refractivity contribution is -0.122. The van der Waals surface area contributed by atoms with Crippen LogP contribution in [0.15, 0.2) is 82.6 Å². The van der Waals surface area contributed by atoms with Crippen molar-refractivity contribution in [2.75, 3.05) is 30.5 Å². The maximum absolute atomic E-state index is 13.9. The van der Waals surface area contributed by atoms with Crippen LogP contribution >= 0.6 is 23.1 Å². The van der Waals surface area contributed by atoms with Crippen LogP contribution in [0.25, 0.3) is 0 Å². The summed E-state index contributed by atoms with van der Waals surface area (Å²) in [5, 5.41) is 2.55. The number of nitrogens with one attached hydrogen (secondary N) is 2. The Kier molecular flexibility index (Phi) is 8.46. The van der Waals surface area contributed by atoms with Crippen molar-refractivity contribution in [3.63, 3.8) is 0 Å². The summed E-state index contributed by atoms with van der Waals surface area (Å²) in [6, 6.07) is 20.2. The molecule has 0 spiro atoms. The smallest absolute Gasteiger partial charge is 0.338 e. The number of fused-ring (bicyclic) bond motifs is 2. The molecule has 11 nitrogen and oxygen atoms in total. The number of para-hydroxylation sites is 1. The molecule has 3 heterocycles. The van der Waals surface area contributed by atoms with E-state index >= 15 is 0 Å². The number of hydrogen-bond donors (Lipinski definition) is 2. The lowest BCUT2D eigenvalue weighted by Gasteiger charge is -2.30. The fraction of sp³-hybridized carbons (Fsp3) is 0.219. The second-order valence-electron chi connectivity index (χ2n) is 10.1. The van der Waals surface area contributed by atoms with Gasteiger partial charge < -0.3 is 24.5 Å². The molecule has 2 aliphatic rings. The Morgan fingerprint density at radius 1 is 0.956 bits per heavy atom. The summed E-state index contributed by atoms with van der Waals surface area (Å²) >= 11 is 2.22. The number of benzene rings is 3. The minimum atomic E-state index is -0.751. The maximum Gasteiger partial charge on any atom is 0.338 e. The highest BCUT2D eigenvalue weighted by Gasteiger charge is 2.56. The first-order valence-corrected chi connectivity index (χ1v) is 15.7. The van der Waals surface area contributed by atoms with Gasteiger partial charge in [0, 0.05) is 16.5 Å². The van der Waals surface area contributed by atoms with Crippen molar-refractivity contribution < 1.29 is 33.4 Å². The van der Waals surface area contributed by atoms with Gasteiger partial charge >= 0.3 is 10.8 Å². The van der Waals surface area contributed by atoms with Crippen molar-refractivity contribution in [3.05, 3.63) is 98.5 Å². The van der Waals surface area contributed by atoms with Gasteiger partial charge in [-0.15, -0.1) is 0 Å². The third-order valence-corrected chi connectivity index (χ3v) is 9.82. The van der Waals surface area contributed by atoms with Crippen LogP contribution in [0.2, 0.25) is 0 Å². The van der Waals surface area contributed by atoms with Crippen molar-refractivity contribution >= 4 is 58.2 Å². The van der Waals surface area contributed by atoms with E-state index in [0.717, 1.165) is 11.3 Å². The Balaban J connectivity index is 1.22. The van der Waals surface area contributed by atoms with Gasteiger partial charge in [0.1, 0.15) is 5.25 Å². The van der Waals surface area contributed by atoms with E-state index in [0.29, 0.717) is 38.2 Å². The molecule has 1 fully saturated rings. The topological polar surface area (TPSA) is 144 Å². The Bertz CT molecular complexity index is 1840. The van der Waals surface area contributed by atoms with E-state index in [1.165, 1.54) is 23.8 Å². The molecule has 3 aromatic carbocycles. The molecule has 0 radical (unpaired) electrons. The number of anilines is 2. The molecule has 0 bridgehead atoms. The van der Waals surface area contributed by atoms with Gasteiger partial charge in [0.05, 0.1) is 35.9 Å². The number of rotatable bonds is 9. The Morgan fingerprint density at radius 3 is 2.42 bits per heavy atom. The number of aromatic amines is 1. The van der Waals surface area contributed by atoms with Crippen molar-refractivity contribution in [1.29, 1.82) is 0 Å². The number of esters is 1. The van der Waals surface area contributed by atoms with E-state index in [9.17, 15) is 24.0 Å². The first-order valence-electron chi connectivity index (χ1n) is 14.0. The summed E-state index contributed by atoms with van der Waals surface area (Å²) in [5.41, 5.74) is 2.00. The van der Waals surface area contributed by atoms with Crippen molar-refractivity contribution in [1.82, 2.24) is 4.98 Å². The monoisotopic (exact) mass is 645 g/mol. The summed E-state index contributed by atoms with van der Waals surface area (Å²) in [7, 11) is 1.46. The molecule has 2 aliphatic heterocycles. The zero-order valence-corrected chi connectivity index (χ0v) is 25.7. The number of aromatic nitrogens is 1. The van der Waals surface area contributed by atoms with Crippen LogP contribution in [0.4, 0.5) is 11.4 Å². The number of H-pyrrole nitrogens is 1. The number of thiazole rings is 1. The molecule has 13 heteroatoms. The van der Waals surface area contributed by atoms with Crippen molar-refractivity contribution in [2.24, 2.45) is 5.92 Å². The third-order valence-electron chi connectivity index (χ3n) is 7.42. The van der Waals surface area contributed by atoms with E-state index in [-0.39, 0.29) is 35.7 Å². The molecule has 45 heavy (non-hydrogen) atoms. The van der Waals surface area contributed by atoms with E-state index in [2.05, 4.69) is 10.3 Å². The molecule has 230 valence electrons. The van der Waals surface area contributed by atoms with Crippen molar-refractivity contribution in [3.8, 4) is 11.5 Å². The number of methoxy groups -OCH3 is 1. The number of ether oxygens (including phenoxy) is 3. The third kappa shape index (κ3) is 5.83. The van der Waals surface area contributed by atoms with Crippen molar-refractivity contribution in [2.45, 2.75) is 23.1 Å². The van der Waals surface area contributed by atoms with Crippen LogP contribution in [0, 0.1) is 5.92 Å². The Hall–Kier alpha value is -4.88. The Morgan fingerprint density at radius 2 is 1.71 bits per heavy atom. The highest BCUT2D eigenvalue weighted by molar-refractivity contribution is 8.00. The van der Waals surface area contributed by atoms with E-state index in [1.54, 1.807) is 73.7 Å². The van der Waals surface area contributed by atoms with Gasteiger partial charge in [0.2, 0.25) is 11.8 Å². The molecule has 3 amide bonds. The molecule has 0 aliphatic carbocycles. The predicted octanol–water partition coefficient (Wildman–Crippen LogP) is 4.44. The molecule has 2 N–H and O–H groups in total.